The summed E-state index contributed by atoms with van der Waals surface area (Å²) in [5.41, 5.74) is 7.22. The molecule has 0 saturated heterocycles. The van der Waals surface area contributed by atoms with Crippen molar-refractivity contribution in [2.75, 3.05) is 5.73 Å². The Bertz CT molecular complexity index is 537. The highest BCUT2D eigenvalue weighted by Crippen LogP contribution is 2.19. The molecule has 2 rings (SSSR count). The maximum absolute atomic E-state index is 13.0. The molecule has 1 aromatic heterocycles. The van der Waals surface area contributed by atoms with Crippen molar-refractivity contribution in [2.45, 2.75) is 0 Å². The predicted molar refractivity (Wildman–Crippen MR) is 69.6 cm³/mol. The zero-order chi connectivity index (χ0) is 11.5. The zero-order valence-electron chi connectivity index (χ0n) is 8.15. The summed E-state index contributed by atoms with van der Waals surface area (Å²) < 4.78 is 13.4. The Hall–Kier alpha value is -1.20. The van der Waals surface area contributed by atoms with Crippen LogP contribution in [0.4, 0.5) is 9.52 Å². The molecule has 0 radical (unpaired) electrons. The molecular weight excluding hydrogens is 291 g/mol. The number of aromatic nitrogens is 1. The van der Waals surface area contributed by atoms with Gasteiger partial charge < -0.3 is 5.73 Å². The van der Waals surface area contributed by atoms with Gasteiger partial charge >= 0.3 is 0 Å². The van der Waals surface area contributed by atoms with Crippen molar-refractivity contribution in [2.24, 2.45) is 0 Å². The van der Waals surface area contributed by atoms with E-state index in [1.807, 2.05) is 17.5 Å². The number of nitrogens with two attached hydrogens (primary N) is 1. The van der Waals surface area contributed by atoms with Crippen LogP contribution in [0.3, 0.4) is 0 Å². The largest absolute Gasteiger partial charge is 0.375 e. The van der Waals surface area contributed by atoms with Gasteiger partial charge in [-0.1, -0.05) is 12.1 Å². The summed E-state index contributed by atoms with van der Waals surface area (Å²) in [6.07, 6.45) is 3.70. The van der Waals surface area contributed by atoms with Crippen LogP contribution in [0, 0.1) is 5.82 Å². The number of thiazole rings is 1. The van der Waals surface area contributed by atoms with Gasteiger partial charge in [0.25, 0.3) is 0 Å². The molecule has 2 nitrogen and oxygen atoms in total. The standard InChI is InChI=1S/C11H8BrFN2S/c12-9-5-7(2-4-10(9)13)1-3-8-6-16-11(14)15-8/h1-6H,(H2,14,15). The molecule has 82 valence electrons. The van der Waals surface area contributed by atoms with Crippen LogP contribution in [0.1, 0.15) is 11.3 Å². The third-order valence-electron chi connectivity index (χ3n) is 1.93. The molecule has 0 spiro atoms. The van der Waals surface area contributed by atoms with Crippen molar-refractivity contribution in [3.05, 3.63) is 45.1 Å². The molecule has 5 heteroatoms. The van der Waals surface area contributed by atoms with E-state index in [1.54, 1.807) is 12.1 Å². The monoisotopic (exact) mass is 298 g/mol. The molecule has 0 amide bonds. The third kappa shape index (κ3) is 2.68. The van der Waals surface area contributed by atoms with Crippen molar-refractivity contribution >= 4 is 44.6 Å². The average molecular weight is 299 g/mol. The quantitative estimate of drug-likeness (QED) is 0.916. The Morgan fingerprint density at radius 1 is 1.38 bits per heavy atom. The van der Waals surface area contributed by atoms with Gasteiger partial charge in [0.15, 0.2) is 5.13 Å². The first-order valence-electron chi connectivity index (χ1n) is 4.49. The fourth-order valence-electron chi connectivity index (χ4n) is 1.17. The Morgan fingerprint density at radius 2 is 2.19 bits per heavy atom. The van der Waals surface area contributed by atoms with Gasteiger partial charge in [0.05, 0.1) is 10.2 Å². The van der Waals surface area contributed by atoms with Gasteiger partial charge in [-0.05, 0) is 39.7 Å². The maximum atomic E-state index is 13.0. The molecule has 2 aromatic rings. The van der Waals surface area contributed by atoms with Crippen molar-refractivity contribution in [1.29, 1.82) is 0 Å². The average Bonchev–Trinajstić information content (AvgIpc) is 2.66. The van der Waals surface area contributed by atoms with Crippen LogP contribution < -0.4 is 5.73 Å². The lowest BCUT2D eigenvalue weighted by atomic mass is 10.2. The van der Waals surface area contributed by atoms with Crippen molar-refractivity contribution < 1.29 is 4.39 Å². The Morgan fingerprint density at radius 3 is 2.81 bits per heavy atom. The summed E-state index contributed by atoms with van der Waals surface area (Å²) in [6.45, 7) is 0. The number of hydrogen-bond donors (Lipinski definition) is 1. The second-order valence-electron chi connectivity index (χ2n) is 3.12. The number of nitrogens with zero attached hydrogens (tertiary/aromatic N) is 1. The lowest BCUT2D eigenvalue weighted by Crippen LogP contribution is -1.81. The number of halogens is 2. The highest BCUT2D eigenvalue weighted by molar-refractivity contribution is 9.10. The van der Waals surface area contributed by atoms with E-state index in [1.165, 1.54) is 17.4 Å². The van der Waals surface area contributed by atoms with Crippen molar-refractivity contribution in [1.82, 2.24) is 4.98 Å². The Balaban J connectivity index is 2.20. The van der Waals surface area contributed by atoms with E-state index in [0.717, 1.165) is 11.3 Å². The molecule has 0 unspecified atom stereocenters. The number of rotatable bonds is 2. The smallest absolute Gasteiger partial charge is 0.180 e. The Labute approximate surface area is 105 Å². The second kappa shape index (κ2) is 4.76. The number of anilines is 1. The molecule has 0 aliphatic heterocycles. The SMILES string of the molecule is Nc1nc(C=Cc2ccc(F)c(Br)c2)cs1. The van der Waals surface area contributed by atoms with Gasteiger partial charge in [-0.3, -0.25) is 0 Å². The van der Waals surface area contributed by atoms with Crippen molar-refractivity contribution in [3.8, 4) is 0 Å². The maximum Gasteiger partial charge on any atom is 0.180 e. The molecule has 1 heterocycles. The molecule has 0 aliphatic carbocycles. The molecule has 0 saturated carbocycles. The van der Waals surface area contributed by atoms with Crippen LogP contribution in [0.15, 0.2) is 28.1 Å². The van der Waals surface area contributed by atoms with E-state index in [2.05, 4.69) is 20.9 Å². The summed E-state index contributed by atoms with van der Waals surface area (Å²) >= 11 is 4.53. The van der Waals surface area contributed by atoms with Crippen LogP contribution in [0.5, 0.6) is 0 Å². The van der Waals surface area contributed by atoms with Gasteiger partial charge in [-0.15, -0.1) is 11.3 Å². The first kappa shape index (κ1) is 11.3. The van der Waals surface area contributed by atoms with Gasteiger partial charge in [-0.2, -0.15) is 0 Å². The lowest BCUT2D eigenvalue weighted by Gasteiger charge is -1.96. The summed E-state index contributed by atoms with van der Waals surface area (Å²) in [7, 11) is 0. The molecule has 0 atom stereocenters. The number of nitrogen functional groups attached to an aromatic ring is 1. The highest BCUT2D eigenvalue weighted by atomic mass is 79.9. The fourth-order valence-corrected chi connectivity index (χ4v) is 2.10. The molecule has 1 aromatic carbocycles. The van der Waals surface area contributed by atoms with Gasteiger partial charge in [-0.25, -0.2) is 9.37 Å². The first-order chi connectivity index (χ1) is 7.65. The van der Waals surface area contributed by atoms with Crippen LogP contribution in [0.25, 0.3) is 12.2 Å². The molecule has 2 N–H and O–H groups in total. The van der Waals surface area contributed by atoms with E-state index in [-0.39, 0.29) is 5.82 Å². The van der Waals surface area contributed by atoms with Crippen LogP contribution in [0.2, 0.25) is 0 Å². The van der Waals surface area contributed by atoms with Gasteiger partial charge in [0, 0.05) is 5.38 Å². The minimum atomic E-state index is -0.268. The normalized spacial score (nSPS) is 11.1. The van der Waals surface area contributed by atoms with Crippen molar-refractivity contribution in [3.63, 3.8) is 0 Å². The first-order valence-corrected chi connectivity index (χ1v) is 6.16. The van der Waals surface area contributed by atoms with Crippen LogP contribution >= 0.6 is 27.3 Å². The van der Waals surface area contributed by atoms with E-state index >= 15 is 0 Å². The second-order valence-corrected chi connectivity index (χ2v) is 4.86. The van der Waals surface area contributed by atoms with Gasteiger partial charge in [0.1, 0.15) is 5.82 Å². The molecule has 0 fully saturated rings. The Kier molecular flexibility index (Phi) is 3.36. The van der Waals surface area contributed by atoms with E-state index in [0.29, 0.717) is 9.60 Å². The number of hydrogen-bond acceptors (Lipinski definition) is 3. The topological polar surface area (TPSA) is 38.9 Å². The van der Waals surface area contributed by atoms with Gasteiger partial charge in [0.2, 0.25) is 0 Å². The zero-order valence-corrected chi connectivity index (χ0v) is 10.6. The molecular formula is C11H8BrFN2S. The fraction of sp³-hybridized carbons (Fsp3) is 0. The van der Waals surface area contributed by atoms with E-state index in [9.17, 15) is 4.39 Å². The van der Waals surface area contributed by atoms with Crippen LogP contribution in [-0.2, 0) is 0 Å². The van der Waals surface area contributed by atoms with E-state index in [4.69, 9.17) is 5.73 Å². The summed E-state index contributed by atoms with van der Waals surface area (Å²) in [6, 6.07) is 4.83. The highest BCUT2D eigenvalue weighted by Gasteiger charge is 1.98. The summed E-state index contributed by atoms with van der Waals surface area (Å²) in [5.74, 6) is -0.268. The lowest BCUT2D eigenvalue weighted by molar-refractivity contribution is 0.621. The van der Waals surface area contributed by atoms with Crippen LogP contribution in [-0.4, -0.2) is 4.98 Å². The van der Waals surface area contributed by atoms with E-state index < -0.39 is 0 Å². The third-order valence-corrected chi connectivity index (χ3v) is 3.23. The predicted octanol–water partition coefficient (Wildman–Crippen LogP) is 3.80. The minimum Gasteiger partial charge on any atom is -0.375 e. The minimum absolute atomic E-state index is 0.268. The molecule has 0 bridgehead atoms. The molecule has 16 heavy (non-hydrogen) atoms. The summed E-state index contributed by atoms with van der Waals surface area (Å²) in [5, 5.41) is 2.41. The number of benzene rings is 1. The summed E-state index contributed by atoms with van der Waals surface area (Å²) in [4.78, 5) is 4.09. The molecule has 0 aliphatic rings.